The Balaban J connectivity index is 1.75. The standard InChI is InChI=1S/C12H19N5O/c1-10-8-13-6-7-17(10)9-12(18)16-15-11-4-2-3-5-14-11/h2-5,10,13H,6-9H2,1H3,(H,14,15)(H,16,18)/t10-/m0/s1. The van der Waals surface area contributed by atoms with Gasteiger partial charge in [0.05, 0.1) is 6.54 Å². The van der Waals surface area contributed by atoms with Gasteiger partial charge < -0.3 is 5.32 Å². The molecule has 0 unspecified atom stereocenters. The summed E-state index contributed by atoms with van der Waals surface area (Å²) < 4.78 is 0. The van der Waals surface area contributed by atoms with Gasteiger partial charge in [-0.1, -0.05) is 6.07 Å². The van der Waals surface area contributed by atoms with Crippen LogP contribution in [0.2, 0.25) is 0 Å². The molecule has 6 heteroatoms. The van der Waals surface area contributed by atoms with Crippen molar-refractivity contribution in [3.63, 3.8) is 0 Å². The van der Waals surface area contributed by atoms with Crippen molar-refractivity contribution in [2.24, 2.45) is 0 Å². The van der Waals surface area contributed by atoms with Crippen molar-refractivity contribution < 1.29 is 4.79 Å². The summed E-state index contributed by atoms with van der Waals surface area (Å²) in [6, 6.07) is 5.88. The van der Waals surface area contributed by atoms with Crippen LogP contribution in [0.15, 0.2) is 24.4 Å². The first-order valence-corrected chi connectivity index (χ1v) is 6.16. The number of pyridine rings is 1. The van der Waals surface area contributed by atoms with Crippen molar-refractivity contribution in [1.82, 2.24) is 20.6 Å². The van der Waals surface area contributed by atoms with Gasteiger partial charge in [-0.2, -0.15) is 0 Å². The summed E-state index contributed by atoms with van der Waals surface area (Å²) in [5.74, 6) is 0.591. The van der Waals surface area contributed by atoms with Crippen LogP contribution in [0.4, 0.5) is 5.82 Å². The smallest absolute Gasteiger partial charge is 0.252 e. The third-order valence-corrected chi connectivity index (χ3v) is 2.98. The van der Waals surface area contributed by atoms with E-state index in [0.717, 1.165) is 19.6 Å². The van der Waals surface area contributed by atoms with E-state index in [1.807, 2.05) is 12.1 Å². The highest BCUT2D eigenvalue weighted by Crippen LogP contribution is 2.01. The second-order valence-electron chi connectivity index (χ2n) is 4.41. The summed E-state index contributed by atoms with van der Waals surface area (Å²) in [6.45, 7) is 5.29. The molecule has 0 radical (unpaired) electrons. The highest BCUT2D eigenvalue weighted by molar-refractivity contribution is 5.79. The number of carbonyl (C=O) groups excluding carboxylic acids is 1. The fraction of sp³-hybridized carbons (Fsp3) is 0.500. The number of nitrogens with one attached hydrogen (secondary N) is 3. The highest BCUT2D eigenvalue weighted by atomic mass is 16.2. The number of hydrazine groups is 1. The molecule has 1 aliphatic heterocycles. The van der Waals surface area contributed by atoms with Crippen LogP contribution in [0.5, 0.6) is 0 Å². The minimum absolute atomic E-state index is 0.0468. The molecule has 18 heavy (non-hydrogen) atoms. The summed E-state index contributed by atoms with van der Waals surface area (Å²) in [7, 11) is 0. The van der Waals surface area contributed by atoms with E-state index in [0.29, 0.717) is 18.4 Å². The van der Waals surface area contributed by atoms with E-state index in [1.165, 1.54) is 0 Å². The van der Waals surface area contributed by atoms with Crippen molar-refractivity contribution in [2.45, 2.75) is 13.0 Å². The lowest BCUT2D eigenvalue weighted by Crippen LogP contribution is -2.53. The SMILES string of the molecule is C[C@H]1CNCCN1CC(=O)NNc1ccccn1. The van der Waals surface area contributed by atoms with Gasteiger partial charge in [0.2, 0.25) is 0 Å². The molecule has 1 aromatic heterocycles. The van der Waals surface area contributed by atoms with Gasteiger partial charge in [-0.15, -0.1) is 0 Å². The number of anilines is 1. The number of hydrogen-bond donors (Lipinski definition) is 3. The second kappa shape index (κ2) is 6.32. The van der Waals surface area contributed by atoms with Crippen molar-refractivity contribution in [3.05, 3.63) is 24.4 Å². The van der Waals surface area contributed by atoms with Crippen LogP contribution < -0.4 is 16.2 Å². The summed E-state index contributed by atoms with van der Waals surface area (Å²) in [4.78, 5) is 18.0. The fourth-order valence-electron chi connectivity index (χ4n) is 1.91. The number of aromatic nitrogens is 1. The third-order valence-electron chi connectivity index (χ3n) is 2.98. The Bertz CT molecular complexity index is 383. The van der Waals surface area contributed by atoms with E-state index in [4.69, 9.17) is 0 Å². The molecule has 1 aromatic rings. The number of piperazine rings is 1. The average molecular weight is 249 g/mol. The van der Waals surface area contributed by atoms with Crippen molar-refractivity contribution in [1.29, 1.82) is 0 Å². The normalized spacial score (nSPS) is 20.4. The molecule has 1 atom stereocenters. The second-order valence-corrected chi connectivity index (χ2v) is 4.41. The quantitative estimate of drug-likeness (QED) is 0.646. The molecule has 0 saturated carbocycles. The molecule has 98 valence electrons. The van der Waals surface area contributed by atoms with Crippen LogP contribution in [0.3, 0.4) is 0 Å². The van der Waals surface area contributed by atoms with Gasteiger partial charge in [0, 0.05) is 31.9 Å². The van der Waals surface area contributed by atoms with Gasteiger partial charge in [-0.3, -0.25) is 20.5 Å². The van der Waals surface area contributed by atoms with Crippen LogP contribution in [0.1, 0.15) is 6.92 Å². The maximum atomic E-state index is 11.8. The summed E-state index contributed by atoms with van der Waals surface area (Å²) in [6.07, 6.45) is 1.67. The Morgan fingerprint density at radius 2 is 2.50 bits per heavy atom. The molecule has 1 aliphatic rings. The Morgan fingerprint density at radius 1 is 1.61 bits per heavy atom. The molecule has 1 saturated heterocycles. The van der Waals surface area contributed by atoms with Crippen molar-refractivity contribution >= 4 is 11.7 Å². The Morgan fingerprint density at radius 3 is 3.22 bits per heavy atom. The topological polar surface area (TPSA) is 69.3 Å². The van der Waals surface area contributed by atoms with Crippen molar-refractivity contribution in [3.8, 4) is 0 Å². The van der Waals surface area contributed by atoms with E-state index < -0.39 is 0 Å². The summed E-state index contributed by atoms with van der Waals surface area (Å²) >= 11 is 0. The molecule has 2 heterocycles. The van der Waals surface area contributed by atoms with Gasteiger partial charge in [0.15, 0.2) is 0 Å². The molecular formula is C12H19N5O. The zero-order valence-corrected chi connectivity index (χ0v) is 10.5. The van der Waals surface area contributed by atoms with Crippen LogP contribution in [0, 0.1) is 0 Å². The number of carbonyl (C=O) groups is 1. The lowest BCUT2D eigenvalue weighted by Gasteiger charge is -2.33. The fourth-order valence-corrected chi connectivity index (χ4v) is 1.91. The molecule has 0 bridgehead atoms. The van der Waals surface area contributed by atoms with Gasteiger partial charge in [-0.25, -0.2) is 4.98 Å². The Hall–Kier alpha value is -1.66. The predicted molar refractivity (Wildman–Crippen MR) is 69.9 cm³/mol. The van der Waals surface area contributed by atoms with E-state index in [-0.39, 0.29) is 5.91 Å². The monoisotopic (exact) mass is 249 g/mol. The molecule has 0 aliphatic carbocycles. The van der Waals surface area contributed by atoms with Gasteiger partial charge in [0.25, 0.3) is 5.91 Å². The molecule has 3 N–H and O–H groups in total. The van der Waals surface area contributed by atoms with Crippen LogP contribution in [-0.2, 0) is 4.79 Å². The predicted octanol–water partition coefficient (Wildman–Crippen LogP) is -0.182. The summed E-state index contributed by atoms with van der Waals surface area (Å²) in [5.41, 5.74) is 5.45. The molecule has 1 fully saturated rings. The van der Waals surface area contributed by atoms with E-state index in [1.54, 1.807) is 12.3 Å². The van der Waals surface area contributed by atoms with Gasteiger partial charge in [0.1, 0.15) is 5.82 Å². The molecule has 2 rings (SSSR count). The zero-order valence-electron chi connectivity index (χ0n) is 10.5. The van der Waals surface area contributed by atoms with E-state index in [9.17, 15) is 4.79 Å². The highest BCUT2D eigenvalue weighted by Gasteiger charge is 2.19. The molecule has 0 aromatic carbocycles. The van der Waals surface area contributed by atoms with E-state index in [2.05, 4.69) is 33.0 Å². The lowest BCUT2D eigenvalue weighted by atomic mass is 10.2. The maximum Gasteiger partial charge on any atom is 0.252 e. The number of nitrogens with zero attached hydrogens (tertiary/aromatic N) is 2. The average Bonchev–Trinajstić information content (AvgIpc) is 2.40. The molecule has 0 spiro atoms. The molecule has 1 amide bonds. The first-order chi connectivity index (χ1) is 8.75. The first-order valence-electron chi connectivity index (χ1n) is 6.16. The molecular weight excluding hydrogens is 230 g/mol. The number of amides is 1. The Labute approximate surface area is 107 Å². The minimum atomic E-state index is -0.0468. The van der Waals surface area contributed by atoms with E-state index >= 15 is 0 Å². The number of rotatable bonds is 4. The Kier molecular flexibility index (Phi) is 4.49. The minimum Gasteiger partial charge on any atom is -0.314 e. The van der Waals surface area contributed by atoms with Crippen molar-refractivity contribution in [2.75, 3.05) is 31.6 Å². The zero-order chi connectivity index (χ0) is 12.8. The third kappa shape index (κ3) is 3.68. The largest absolute Gasteiger partial charge is 0.314 e. The van der Waals surface area contributed by atoms with Crippen LogP contribution in [-0.4, -0.2) is 48.0 Å². The maximum absolute atomic E-state index is 11.8. The summed E-state index contributed by atoms with van der Waals surface area (Å²) in [5, 5.41) is 3.30. The van der Waals surface area contributed by atoms with Crippen LogP contribution >= 0.6 is 0 Å². The lowest BCUT2D eigenvalue weighted by molar-refractivity contribution is -0.122. The van der Waals surface area contributed by atoms with Gasteiger partial charge >= 0.3 is 0 Å². The van der Waals surface area contributed by atoms with Crippen LogP contribution in [0.25, 0.3) is 0 Å². The van der Waals surface area contributed by atoms with Gasteiger partial charge in [-0.05, 0) is 19.1 Å². The molecule has 6 nitrogen and oxygen atoms in total. The first kappa shape index (κ1) is 12.8. The number of hydrogen-bond acceptors (Lipinski definition) is 5.